The fraction of sp³-hybridized carbons (Fsp3) is 0.600. The number of nitrogen functional groups attached to an aromatic ring is 1. The molecule has 2 rings (SSSR count). The molecule has 0 atom stereocenters. The Labute approximate surface area is 83.9 Å². The van der Waals surface area contributed by atoms with Crippen molar-refractivity contribution < 1.29 is 0 Å². The van der Waals surface area contributed by atoms with Crippen LogP contribution >= 0.6 is 0 Å². The Hall–Kier alpha value is -1.32. The van der Waals surface area contributed by atoms with Crippen molar-refractivity contribution in [3.8, 4) is 0 Å². The van der Waals surface area contributed by atoms with E-state index < -0.39 is 0 Å². The lowest BCUT2D eigenvalue weighted by Gasteiger charge is -2.08. The third kappa shape index (κ3) is 2.13. The van der Waals surface area contributed by atoms with Crippen molar-refractivity contribution in [3.63, 3.8) is 0 Å². The van der Waals surface area contributed by atoms with Crippen molar-refractivity contribution in [3.05, 3.63) is 11.8 Å². The van der Waals surface area contributed by atoms with Gasteiger partial charge < -0.3 is 11.1 Å². The van der Waals surface area contributed by atoms with Gasteiger partial charge in [-0.25, -0.2) is 4.98 Å². The monoisotopic (exact) mass is 192 g/mol. The third-order valence-corrected chi connectivity index (χ3v) is 2.27. The summed E-state index contributed by atoms with van der Waals surface area (Å²) in [6.45, 7) is 4.20. The van der Waals surface area contributed by atoms with Gasteiger partial charge in [-0.15, -0.1) is 0 Å². The Kier molecular flexibility index (Phi) is 2.27. The molecule has 0 unspecified atom stereocenters. The number of hydrogen-bond acceptors (Lipinski definition) is 4. The molecule has 0 aliphatic heterocycles. The van der Waals surface area contributed by atoms with Crippen LogP contribution in [0.25, 0.3) is 0 Å². The van der Waals surface area contributed by atoms with Gasteiger partial charge in [-0.05, 0) is 18.8 Å². The fourth-order valence-corrected chi connectivity index (χ4v) is 1.26. The Morgan fingerprint density at radius 2 is 2.14 bits per heavy atom. The summed E-state index contributed by atoms with van der Waals surface area (Å²) in [6.07, 6.45) is 2.43. The average Bonchev–Trinajstić information content (AvgIpc) is 2.87. The smallest absolute Gasteiger partial charge is 0.225 e. The molecule has 0 amide bonds. The Morgan fingerprint density at radius 1 is 1.43 bits per heavy atom. The summed E-state index contributed by atoms with van der Waals surface area (Å²) in [7, 11) is 0. The van der Waals surface area contributed by atoms with Crippen molar-refractivity contribution in [1.82, 2.24) is 9.97 Å². The van der Waals surface area contributed by atoms with Crippen LogP contribution in [0.3, 0.4) is 0 Å². The van der Waals surface area contributed by atoms with E-state index in [9.17, 15) is 0 Å². The quantitative estimate of drug-likeness (QED) is 0.766. The largest absolute Gasteiger partial charge is 0.384 e. The first-order valence-electron chi connectivity index (χ1n) is 5.06. The molecule has 0 bridgehead atoms. The number of rotatable bonds is 3. The van der Waals surface area contributed by atoms with Crippen LogP contribution in [0, 0.1) is 0 Å². The minimum Gasteiger partial charge on any atom is -0.384 e. The van der Waals surface area contributed by atoms with Gasteiger partial charge in [-0.3, -0.25) is 0 Å². The molecule has 1 fully saturated rings. The van der Waals surface area contributed by atoms with Gasteiger partial charge in [0.1, 0.15) is 5.82 Å². The van der Waals surface area contributed by atoms with Gasteiger partial charge in [-0.1, -0.05) is 13.8 Å². The number of nitrogens with two attached hydrogens (primary N) is 1. The Balaban J connectivity index is 2.21. The second-order valence-electron chi connectivity index (χ2n) is 4.11. The van der Waals surface area contributed by atoms with Gasteiger partial charge in [0, 0.05) is 12.1 Å². The molecule has 1 aromatic heterocycles. The number of nitrogens with one attached hydrogen (secondary N) is 1. The van der Waals surface area contributed by atoms with Gasteiger partial charge in [0.25, 0.3) is 0 Å². The molecule has 4 nitrogen and oxygen atoms in total. The van der Waals surface area contributed by atoms with E-state index in [4.69, 9.17) is 5.73 Å². The van der Waals surface area contributed by atoms with E-state index in [1.807, 2.05) is 6.07 Å². The summed E-state index contributed by atoms with van der Waals surface area (Å²) in [6, 6.07) is 2.40. The maximum atomic E-state index is 5.70. The summed E-state index contributed by atoms with van der Waals surface area (Å²) in [4.78, 5) is 8.56. The van der Waals surface area contributed by atoms with Crippen LogP contribution < -0.4 is 11.1 Å². The average molecular weight is 192 g/mol. The second-order valence-corrected chi connectivity index (χ2v) is 4.11. The first-order valence-corrected chi connectivity index (χ1v) is 5.06. The van der Waals surface area contributed by atoms with Crippen LogP contribution in [0.1, 0.15) is 38.3 Å². The van der Waals surface area contributed by atoms with E-state index in [-0.39, 0.29) is 0 Å². The third-order valence-electron chi connectivity index (χ3n) is 2.27. The van der Waals surface area contributed by atoms with Crippen molar-refractivity contribution in [2.75, 3.05) is 11.1 Å². The van der Waals surface area contributed by atoms with Gasteiger partial charge >= 0.3 is 0 Å². The van der Waals surface area contributed by atoms with Gasteiger partial charge in [0.05, 0.1) is 5.69 Å². The summed E-state index contributed by atoms with van der Waals surface area (Å²) in [5, 5.41) is 3.25. The maximum Gasteiger partial charge on any atom is 0.225 e. The Morgan fingerprint density at radius 3 is 2.71 bits per heavy atom. The lowest BCUT2D eigenvalue weighted by Crippen LogP contribution is -2.09. The van der Waals surface area contributed by atoms with Crippen molar-refractivity contribution in [2.24, 2.45) is 0 Å². The number of nitrogens with zero attached hydrogens (tertiary/aromatic N) is 2. The van der Waals surface area contributed by atoms with Crippen molar-refractivity contribution in [1.29, 1.82) is 0 Å². The van der Waals surface area contributed by atoms with Crippen LogP contribution in [0.15, 0.2) is 6.07 Å². The molecule has 14 heavy (non-hydrogen) atoms. The van der Waals surface area contributed by atoms with Gasteiger partial charge in [-0.2, -0.15) is 4.98 Å². The molecule has 1 heterocycles. The zero-order valence-corrected chi connectivity index (χ0v) is 8.62. The lowest BCUT2D eigenvalue weighted by atomic mass is 10.1. The first-order chi connectivity index (χ1) is 6.65. The molecule has 3 N–H and O–H groups in total. The minimum atomic E-state index is 0.389. The molecule has 76 valence electrons. The molecule has 1 aliphatic carbocycles. The molecule has 1 aromatic rings. The fourth-order valence-electron chi connectivity index (χ4n) is 1.26. The molecule has 1 saturated carbocycles. The highest BCUT2D eigenvalue weighted by molar-refractivity contribution is 5.40. The molecule has 0 aromatic carbocycles. The van der Waals surface area contributed by atoms with E-state index in [1.165, 1.54) is 12.8 Å². The van der Waals surface area contributed by atoms with Crippen molar-refractivity contribution >= 4 is 11.8 Å². The van der Waals surface area contributed by atoms with Crippen molar-refractivity contribution in [2.45, 2.75) is 38.6 Å². The van der Waals surface area contributed by atoms with E-state index in [0.717, 1.165) is 5.69 Å². The van der Waals surface area contributed by atoms with Gasteiger partial charge in [0.2, 0.25) is 5.95 Å². The molecular formula is C10H16N4. The SMILES string of the molecule is CC(C)c1cc(N)nc(NC2CC2)n1. The molecule has 0 saturated heterocycles. The van der Waals surface area contributed by atoms with Crippen LogP contribution in [0.2, 0.25) is 0 Å². The standard InChI is InChI=1S/C10H16N4/c1-6(2)8-5-9(11)14-10(13-8)12-7-3-4-7/h5-7H,3-4H2,1-2H3,(H3,11,12,13,14). The van der Waals surface area contributed by atoms with E-state index in [1.54, 1.807) is 0 Å². The van der Waals surface area contributed by atoms with E-state index in [2.05, 4.69) is 29.1 Å². The summed E-state index contributed by atoms with van der Waals surface area (Å²) in [5.74, 6) is 1.61. The highest BCUT2D eigenvalue weighted by Crippen LogP contribution is 2.24. The number of anilines is 2. The van der Waals surface area contributed by atoms with Crippen LogP contribution in [0.5, 0.6) is 0 Å². The zero-order chi connectivity index (χ0) is 10.1. The molecule has 0 radical (unpaired) electrons. The highest BCUT2D eigenvalue weighted by Gasteiger charge is 2.22. The summed E-state index contributed by atoms with van der Waals surface area (Å²) >= 11 is 0. The minimum absolute atomic E-state index is 0.389. The second kappa shape index (κ2) is 3.44. The number of aromatic nitrogens is 2. The number of hydrogen-bond donors (Lipinski definition) is 2. The van der Waals surface area contributed by atoms with Crippen LogP contribution in [0.4, 0.5) is 11.8 Å². The Bertz CT molecular complexity index is 331. The van der Waals surface area contributed by atoms with E-state index in [0.29, 0.717) is 23.7 Å². The molecule has 1 aliphatic rings. The molecule has 4 heteroatoms. The van der Waals surface area contributed by atoms with Crippen LogP contribution in [-0.4, -0.2) is 16.0 Å². The normalized spacial score (nSPS) is 15.9. The maximum absolute atomic E-state index is 5.70. The summed E-state index contributed by atoms with van der Waals surface area (Å²) in [5.41, 5.74) is 6.70. The molecular weight excluding hydrogens is 176 g/mol. The summed E-state index contributed by atoms with van der Waals surface area (Å²) < 4.78 is 0. The predicted octanol–water partition coefficient (Wildman–Crippen LogP) is 1.76. The topological polar surface area (TPSA) is 63.8 Å². The molecule has 0 spiro atoms. The predicted molar refractivity (Wildman–Crippen MR) is 57.2 cm³/mol. The lowest BCUT2D eigenvalue weighted by molar-refractivity contribution is 0.815. The highest BCUT2D eigenvalue weighted by atomic mass is 15.1. The van der Waals surface area contributed by atoms with Gasteiger partial charge in [0.15, 0.2) is 0 Å². The van der Waals surface area contributed by atoms with Crippen LogP contribution in [-0.2, 0) is 0 Å². The van der Waals surface area contributed by atoms with E-state index >= 15 is 0 Å². The first kappa shape index (κ1) is 9.24. The zero-order valence-electron chi connectivity index (χ0n) is 8.62.